The number of carbonyl (C=O) groups is 6. The third-order valence-electron chi connectivity index (χ3n) is 28.4. The van der Waals surface area contributed by atoms with E-state index in [0.717, 1.165) is 187 Å². The first-order chi connectivity index (χ1) is 64.6. The molecule has 12 heteroatoms. The van der Waals surface area contributed by atoms with Gasteiger partial charge in [-0.1, -0.05) is 497 Å². The number of aliphatic hydroxyl groups excluding tert-OH is 3. The fourth-order valence-electron chi connectivity index (χ4n) is 19.9. The summed E-state index contributed by atoms with van der Waals surface area (Å²) < 4.78 is 21.3. The van der Waals surface area contributed by atoms with Crippen molar-refractivity contribution in [3.05, 3.63) is 212 Å². The van der Waals surface area contributed by atoms with Gasteiger partial charge in [0.2, 0.25) is 17.3 Å². The molecule has 0 radical (unpaired) electrons. The highest BCUT2D eigenvalue weighted by Gasteiger charge is 2.88. The van der Waals surface area contributed by atoms with E-state index in [1.54, 1.807) is 72.8 Å². The Balaban J connectivity index is 1.46. The predicted octanol–water partition coefficient (Wildman–Crippen LogP) is 32.3. The lowest BCUT2D eigenvalue weighted by Crippen LogP contribution is -2.91. The molecule has 132 heavy (non-hydrogen) atoms. The van der Waals surface area contributed by atoms with Crippen molar-refractivity contribution in [2.24, 2.45) is 0 Å². The van der Waals surface area contributed by atoms with Crippen molar-refractivity contribution in [1.29, 1.82) is 0 Å². The van der Waals surface area contributed by atoms with Gasteiger partial charge in [-0.2, -0.15) is 0 Å². The van der Waals surface area contributed by atoms with Gasteiger partial charge in [0.1, 0.15) is 18.3 Å². The Hall–Kier alpha value is -7.38. The zero-order chi connectivity index (χ0) is 94.4. The van der Waals surface area contributed by atoms with Crippen LogP contribution in [0.1, 0.15) is 522 Å². The minimum atomic E-state index is -4.03. The van der Waals surface area contributed by atoms with Crippen molar-refractivity contribution in [1.82, 2.24) is 0 Å². The van der Waals surface area contributed by atoms with E-state index in [0.29, 0.717) is 38.5 Å². The van der Waals surface area contributed by atoms with E-state index in [1.165, 1.54) is 304 Å². The third kappa shape index (κ3) is 37.6. The minimum Gasteiger partial charge on any atom is -0.439 e. The average molecular weight is 1810 g/mol. The minimum absolute atomic E-state index is 0.166. The molecule has 0 aromatic heterocycles. The summed E-state index contributed by atoms with van der Waals surface area (Å²) in [5, 5.41) is 41.9. The Morgan fingerprint density at radius 3 is 0.515 bits per heavy atom. The van der Waals surface area contributed by atoms with E-state index in [-0.39, 0.29) is 33.4 Å². The molecule has 6 aromatic carbocycles. The maximum atomic E-state index is 18.3. The number of Topliss-reactive ketones (excluding diaryl/α,β-unsaturated/α-hetero) is 3. The maximum absolute atomic E-state index is 18.3. The van der Waals surface area contributed by atoms with E-state index >= 15 is 28.8 Å². The second-order valence-electron chi connectivity index (χ2n) is 39.5. The maximum Gasteiger partial charge on any atom is 0.339 e. The Labute approximate surface area is 801 Å². The molecule has 6 aromatic rings. The number of aryl methyl sites for hydroxylation is 6. The van der Waals surface area contributed by atoms with Crippen LogP contribution in [0, 0.1) is 0 Å². The first-order valence-electron chi connectivity index (χ1n) is 54.5. The number of rotatable bonds is 78. The van der Waals surface area contributed by atoms with Crippen LogP contribution in [0.3, 0.4) is 0 Å². The van der Waals surface area contributed by atoms with Gasteiger partial charge in [-0.15, -0.1) is 0 Å². The van der Waals surface area contributed by atoms with E-state index in [1.807, 2.05) is 0 Å². The highest BCUT2D eigenvalue weighted by Crippen LogP contribution is 2.56. The number of unbranched alkanes of at least 4 members (excludes halogenated alkanes) is 54. The zero-order valence-corrected chi connectivity index (χ0v) is 83.8. The summed E-state index contributed by atoms with van der Waals surface area (Å²) >= 11 is 0. The molecule has 1 aliphatic carbocycles. The second-order valence-corrected chi connectivity index (χ2v) is 39.5. The van der Waals surface area contributed by atoms with Crippen LogP contribution in [-0.4, -0.2) is 85.7 Å². The Bertz CT molecular complexity index is 3870. The largest absolute Gasteiger partial charge is 0.439 e. The molecule has 1 fully saturated rings. The molecular formula is C120H180O12. The Morgan fingerprint density at radius 2 is 0.341 bits per heavy atom. The molecule has 0 heterocycles. The summed E-state index contributed by atoms with van der Waals surface area (Å²) in [7, 11) is 0. The summed E-state index contributed by atoms with van der Waals surface area (Å²) in [6, 6.07) is 39.3. The highest BCUT2D eigenvalue weighted by atomic mass is 16.7. The smallest absolute Gasteiger partial charge is 0.339 e. The van der Waals surface area contributed by atoms with Crippen LogP contribution in [0.4, 0.5) is 0 Å². The summed E-state index contributed by atoms with van der Waals surface area (Å²) in [4.78, 5) is 104. The van der Waals surface area contributed by atoms with Crippen LogP contribution in [0.2, 0.25) is 0 Å². The molecule has 7 rings (SSSR count). The van der Waals surface area contributed by atoms with Crippen LogP contribution < -0.4 is 0 Å². The van der Waals surface area contributed by atoms with E-state index in [4.69, 9.17) is 14.2 Å². The molecule has 0 bridgehead atoms. The summed E-state index contributed by atoms with van der Waals surface area (Å²) in [6.07, 6.45) is 63.9. The van der Waals surface area contributed by atoms with Crippen molar-refractivity contribution in [3.63, 3.8) is 0 Å². The number of ketones is 3. The monoisotopic (exact) mass is 1810 g/mol. The lowest BCUT2D eigenvalue weighted by molar-refractivity contribution is -0.293. The molecule has 2 unspecified atom stereocenters. The fourth-order valence-corrected chi connectivity index (χ4v) is 19.9. The topological polar surface area (TPSA) is 191 Å². The second kappa shape index (κ2) is 67.0. The molecule has 12 nitrogen and oxygen atoms in total. The zero-order valence-electron chi connectivity index (χ0n) is 83.8. The van der Waals surface area contributed by atoms with Crippen molar-refractivity contribution in [3.8, 4) is 0 Å². The van der Waals surface area contributed by atoms with Crippen molar-refractivity contribution < 1.29 is 58.3 Å². The number of benzene rings is 6. The lowest BCUT2D eigenvalue weighted by atomic mass is 9.52. The van der Waals surface area contributed by atoms with Gasteiger partial charge in [0, 0.05) is 16.7 Å². The van der Waals surface area contributed by atoms with Crippen LogP contribution in [-0.2, 0) is 52.7 Å². The number of ether oxygens (including phenoxy) is 3. The van der Waals surface area contributed by atoms with Crippen LogP contribution >= 0.6 is 0 Å². The number of hydrogen-bond acceptors (Lipinski definition) is 12. The molecule has 6 atom stereocenters. The van der Waals surface area contributed by atoms with Crippen LogP contribution in [0.25, 0.3) is 0 Å². The molecular weight excluding hydrogens is 1630 g/mol. The summed E-state index contributed by atoms with van der Waals surface area (Å²) in [6.45, 7) is 13.4. The molecule has 0 aliphatic heterocycles. The molecule has 732 valence electrons. The van der Waals surface area contributed by atoms with Gasteiger partial charge in [-0.3, -0.25) is 14.4 Å². The van der Waals surface area contributed by atoms with Crippen molar-refractivity contribution >= 4 is 35.3 Å². The van der Waals surface area contributed by atoms with Gasteiger partial charge in [-0.05, 0) is 147 Å². The summed E-state index contributed by atoms with van der Waals surface area (Å²) in [5.41, 5.74) is -7.94. The molecule has 1 aliphatic rings. The van der Waals surface area contributed by atoms with Gasteiger partial charge >= 0.3 is 17.9 Å². The fraction of sp³-hybridized carbons (Fsp3) is 0.650. The van der Waals surface area contributed by atoms with E-state index in [9.17, 15) is 15.3 Å². The molecule has 0 amide bonds. The number of aliphatic hydroxyl groups is 3. The first kappa shape index (κ1) is 112. The number of carbonyl (C=O) groups excluding carboxylic acids is 6. The van der Waals surface area contributed by atoms with Gasteiger partial charge in [0.05, 0.1) is 16.7 Å². The quantitative estimate of drug-likeness (QED) is 0.0142. The number of esters is 3. The van der Waals surface area contributed by atoms with Gasteiger partial charge in [0.15, 0.2) is 0 Å². The standard InChI is InChI=1S/C120H180O12/c1-7-13-19-25-31-37-43-49-55-61-67-97-73-85-103(86-74-97)110(122)118(130-115(127)106-91-79-100(80-92-106)70-64-58-52-46-40-34-28-22-16-10-4)113(125)109(121)114(126)119(111(123)104-87-75-98(76-88-104)68-62-56-50-44-38-32-26-20-14-8-2,131-116(128)107-93-81-101(82-94-107)71-65-59-53-47-41-35-29-23-17-11-5)120(118,112(124)105-89-77-99(78-90-105)69-63-57-51-45-39-33-27-21-15-9-3)132-117(129)108-95-83-102(84-96-108)72-66-60-54-48-42-36-30-24-18-12-6/h73-96,109,113-114,121,125-126H,7-72H2,1-6H3/t109?,113-,114+,118+,119-,120?. The van der Waals surface area contributed by atoms with Crippen LogP contribution in [0.15, 0.2) is 146 Å². The molecule has 0 spiro atoms. The SMILES string of the molecule is CCCCCCCCCCCCc1ccc(C(=O)OC2(C(=O)c3ccc(CCCCCCCCCCCC)cc3)[C@@](OC(=O)c3ccc(CCCCCCCCCCCC)cc3)(C(=O)c3ccc(CCCCCCCCCCCC)cc3)[C@@H](O)C(O)[C@@H](O)[C@@]2(OC(=O)c2ccc(CCCCCCCCCCCC)cc2)C(=O)c2ccc(CCCCCCCCCCCC)cc2)cc1. The Morgan fingerprint density at radius 1 is 0.197 bits per heavy atom. The predicted molar refractivity (Wildman–Crippen MR) is 547 cm³/mol. The van der Waals surface area contributed by atoms with Crippen LogP contribution in [0.5, 0.6) is 0 Å². The number of hydrogen-bond donors (Lipinski definition) is 3. The van der Waals surface area contributed by atoms with Crippen molar-refractivity contribution in [2.45, 2.75) is 500 Å². The Kier molecular flexibility index (Phi) is 56.6. The lowest BCUT2D eigenvalue weighted by Gasteiger charge is -2.60. The highest BCUT2D eigenvalue weighted by molar-refractivity contribution is 6.21. The van der Waals surface area contributed by atoms with Gasteiger partial charge < -0.3 is 29.5 Å². The van der Waals surface area contributed by atoms with Gasteiger partial charge in [0.25, 0.3) is 16.8 Å². The summed E-state index contributed by atoms with van der Waals surface area (Å²) in [5.74, 6) is -8.24. The molecule has 1 saturated carbocycles. The molecule has 0 saturated heterocycles. The van der Waals surface area contributed by atoms with E-state index < -0.39 is 70.4 Å². The normalized spacial score (nSPS) is 17.2. The molecule has 3 N–H and O–H groups in total. The first-order valence-corrected chi connectivity index (χ1v) is 54.5. The average Bonchev–Trinajstić information content (AvgIpc) is 0.656. The van der Waals surface area contributed by atoms with Gasteiger partial charge in [-0.25, -0.2) is 14.4 Å². The third-order valence-corrected chi connectivity index (χ3v) is 28.4. The van der Waals surface area contributed by atoms with Crippen molar-refractivity contribution in [2.75, 3.05) is 0 Å². The van der Waals surface area contributed by atoms with E-state index in [2.05, 4.69) is 41.5 Å².